The molecule has 1 fully saturated rings. The number of benzene rings is 2. The van der Waals surface area contributed by atoms with Gasteiger partial charge in [-0.1, -0.05) is 60.3 Å². The molecule has 0 saturated carbocycles. The predicted molar refractivity (Wildman–Crippen MR) is 119 cm³/mol. The molecule has 6 nitrogen and oxygen atoms in total. The van der Waals surface area contributed by atoms with Gasteiger partial charge in [0.05, 0.1) is 18.8 Å². The second kappa shape index (κ2) is 10.3. The predicted octanol–water partition coefficient (Wildman–Crippen LogP) is 3.61. The van der Waals surface area contributed by atoms with Crippen LogP contribution in [0.5, 0.6) is 0 Å². The number of aromatic nitrogens is 1. The van der Waals surface area contributed by atoms with Crippen LogP contribution >= 0.6 is 11.8 Å². The Kier molecular flexibility index (Phi) is 7.21. The van der Waals surface area contributed by atoms with E-state index in [9.17, 15) is 10.3 Å². The minimum atomic E-state index is -0.510. The van der Waals surface area contributed by atoms with Crippen molar-refractivity contribution in [2.45, 2.75) is 43.1 Å². The lowest BCUT2D eigenvalue weighted by atomic mass is 10.0. The summed E-state index contributed by atoms with van der Waals surface area (Å²) in [7, 11) is 0. The molecule has 0 unspecified atom stereocenters. The largest absolute Gasteiger partial charge is 0.618 e. The first-order valence-electron chi connectivity index (χ1n) is 10.3. The first kappa shape index (κ1) is 21.8. The van der Waals surface area contributed by atoms with Crippen molar-refractivity contribution in [1.82, 2.24) is 0 Å². The number of hydrogen-bond donors (Lipinski definition) is 2. The van der Waals surface area contributed by atoms with Crippen LogP contribution in [-0.4, -0.2) is 17.0 Å². The number of ether oxygens (including phenoxy) is 2. The summed E-state index contributed by atoms with van der Waals surface area (Å²) in [4.78, 5) is 0. The van der Waals surface area contributed by atoms with Crippen molar-refractivity contribution in [3.05, 3.63) is 100 Å². The fourth-order valence-electron chi connectivity index (χ4n) is 3.54. The van der Waals surface area contributed by atoms with Gasteiger partial charge in [0.1, 0.15) is 0 Å². The van der Waals surface area contributed by atoms with Gasteiger partial charge < -0.3 is 25.5 Å². The van der Waals surface area contributed by atoms with E-state index < -0.39 is 6.29 Å². The van der Waals surface area contributed by atoms with Crippen LogP contribution in [0.4, 0.5) is 0 Å². The highest BCUT2D eigenvalue weighted by atomic mass is 32.2. The summed E-state index contributed by atoms with van der Waals surface area (Å²) in [6.07, 6.45) is 1.42. The lowest BCUT2D eigenvalue weighted by molar-refractivity contribution is -0.645. The Balaban J connectivity index is 1.53. The average Bonchev–Trinajstić information content (AvgIpc) is 2.83. The molecule has 162 valence electrons. The average molecular weight is 439 g/mol. The Labute approximate surface area is 186 Å². The molecule has 3 atom stereocenters. The molecule has 1 aromatic heterocycles. The molecule has 31 heavy (non-hydrogen) atoms. The van der Waals surface area contributed by atoms with Crippen molar-refractivity contribution in [2.24, 2.45) is 5.73 Å². The highest BCUT2D eigenvalue weighted by molar-refractivity contribution is 7.99. The van der Waals surface area contributed by atoms with Crippen LogP contribution in [-0.2, 0) is 22.6 Å². The van der Waals surface area contributed by atoms with Gasteiger partial charge in [-0.25, -0.2) is 0 Å². The van der Waals surface area contributed by atoms with Crippen molar-refractivity contribution >= 4 is 11.8 Å². The SMILES string of the molecule is NCc1ccc([C@H]2O[C@@H](CSc3cccc[n+]3[O-])C[C@@H](c3ccc(CO)cc3)O2)cc1. The normalized spacial score (nSPS) is 21.2. The molecule has 0 bridgehead atoms. The van der Waals surface area contributed by atoms with Crippen LogP contribution in [0.3, 0.4) is 0 Å². The monoisotopic (exact) mass is 438 g/mol. The van der Waals surface area contributed by atoms with Gasteiger partial charge in [0.15, 0.2) is 12.5 Å². The molecule has 1 aliphatic heterocycles. The van der Waals surface area contributed by atoms with Crippen LogP contribution in [0.1, 0.15) is 41.1 Å². The number of nitrogens with zero attached hydrogens (tertiary/aromatic N) is 1. The maximum absolute atomic E-state index is 12.0. The molecule has 1 saturated heterocycles. The highest BCUT2D eigenvalue weighted by Gasteiger charge is 2.32. The number of thioether (sulfide) groups is 1. The summed E-state index contributed by atoms with van der Waals surface area (Å²) in [5, 5.41) is 22.0. The second-order valence-electron chi connectivity index (χ2n) is 7.47. The van der Waals surface area contributed by atoms with Crippen molar-refractivity contribution in [3.63, 3.8) is 0 Å². The van der Waals surface area contributed by atoms with Crippen LogP contribution in [0, 0.1) is 5.21 Å². The zero-order valence-corrected chi connectivity index (χ0v) is 17.9. The first-order valence-corrected chi connectivity index (χ1v) is 11.3. The minimum absolute atomic E-state index is 0.0105. The third kappa shape index (κ3) is 5.44. The molecule has 2 heterocycles. The van der Waals surface area contributed by atoms with Crippen molar-refractivity contribution in [2.75, 3.05) is 5.75 Å². The van der Waals surface area contributed by atoms with Crippen LogP contribution in [0.2, 0.25) is 0 Å². The standard InChI is InChI=1S/C24H26N2O4S/c25-14-17-4-10-20(11-5-17)24-29-21(16-31-23-3-1-2-12-26(23)28)13-22(30-24)19-8-6-18(15-27)7-9-19/h1-12,21-22,24,27H,13-16,25H2/t21-,22+,24+/m1/s1. The number of aliphatic hydroxyl groups excluding tert-OH is 1. The molecular weight excluding hydrogens is 412 g/mol. The van der Waals surface area contributed by atoms with Crippen LogP contribution in [0.25, 0.3) is 0 Å². The van der Waals surface area contributed by atoms with Crippen molar-refractivity contribution < 1.29 is 19.3 Å². The topological polar surface area (TPSA) is 91.7 Å². The molecule has 2 aromatic carbocycles. The van der Waals surface area contributed by atoms with Gasteiger partial charge in [-0.15, -0.1) is 0 Å². The lowest BCUT2D eigenvalue weighted by Gasteiger charge is -2.36. The lowest BCUT2D eigenvalue weighted by Crippen LogP contribution is -2.32. The summed E-state index contributed by atoms with van der Waals surface area (Å²) in [6.45, 7) is 0.495. The Bertz CT molecular complexity index is 926. The van der Waals surface area contributed by atoms with Gasteiger partial charge in [-0.05, 0) is 22.8 Å². The first-order chi connectivity index (χ1) is 15.2. The molecule has 1 aliphatic rings. The number of aliphatic hydroxyl groups is 1. The molecule has 4 rings (SSSR count). The summed E-state index contributed by atoms with van der Waals surface area (Å²) in [5.74, 6) is 0.637. The van der Waals surface area contributed by atoms with Gasteiger partial charge >= 0.3 is 0 Å². The Morgan fingerprint density at radius 3 is 2.35 bits per heavy atom. The number of hydrogen-bond acceptors (Lipinski definition) is 6. The van der Waals surface area contributed by atoms with E-state index >= 15 is 0 Å². The number of pyridine rings is 1. The third-order valence-electron chi connectivity index (χ3n) is 5.31. The quantitative estimate of drug-likeness (QED) is 0.333. The van der Waals surface area contributed by atoms with Gasteiger partial charge in [-0.2, -0.15) is 4.73 Å². The maximum atomic E-state index is 12.0. The van der Waals surface area contributed by atoms with Crippen molar-refractivity contribution in [1.29, 1.82) is 0 Å². The summed E-state index contributed by atoms with van der Waals surface area (Å²) in [6, 6.07) is 21.1. The van der Waals surface area contributed by atoms with Gasteiger partial charge in [-0.3, -0.25) is 0 Å². The zero-order valence-electron chi connectivity index (χ0n) is 17.1. The fourth-order valence-corrected chi connectivity index (χ4v) is 4.47. The van der Waals surface area contributed by atoms with E-state index in [1.807, 2.05) is 60.7 Å². The molecule has 7 heteroatoms. The third-order valence-corrected chi connectivity index (χ3v) is 6.46. The molecule has 0 amide bonds. The van der Waals surface area contributed by atoms with E-state index in [4.69, 9.17) is 15.2 Å². The maximum Gasteiger partial charge on any atom is 0.251 e. The molecular formula is C24H26N2O4S. The highest BCUT2D eigenvalue weighted by Crippen LogP contribution is 2.39. The van der Waals surface area contributed by atoms with Crippen LogP contribution < -0.4 is 10.5 Å². The smallest absolute Gasteiger partial charge is 0.251 e. The fraction of sp³-hybridized carbons (Fsp3) is 0.292. The van der Waals surface area contributed by atoms with Gasteiger partial charge in [0.25, 0.3) is 5.03 Å². The summed E-state index contributed by atoms with van der Waals surface area (Å²) in [5.41, 5.74) is 9.60. The summed E-state index contributed by atoms with van der Waals surface area (Å²) >= 11 is 1.48. The molecule has 3 aromatic rings. The van der Waals surface area contributed by atoms with E-state index in [0.29, 0.717) is 23.7 Å². The number of rotatable bonds is 7. The Morgan fingerprint density at radius 2 is 1.68 bits per heavy atom. The Morgan fingerprint density at radius 1 is 0.968 bits per heavy atom. The van der Waals surface area contributed by atoms with E-state index in [1.165, 1.54) is 18.0 Å². The van der Waals surface area contributed by atoms with Gasteiger partial charge in [0.2, 0.25) is 0 Å². The van der Waals surface area contributed by atoms with E-state index in [-0.39, 0.29) is 18.8 Å². The second-order valence-corrected chi connectivity index (χ2v) is 8.51. The van der Waals surface area contributed by atoms with Crippen molar-refractivity contribution in [3.8, 4) is 0 Å². The van der Waals surface area contributed by atoms with E-state index in [2.05, 4.69) is 0 Å². The van der Waals surface area contributed by atoms with Gasteiger partial charge in [0, 0.05) is 36.4 Å². The molecule has 0 spiro atoms. The molecule has 0 radical (unpaired) electrons. The number of nitrogens with two attached hydrogens (primary N) is 1. The summed E-state index contributed by atoms with van der Waals surface area (Å²) < 4.78 is 13.5. The Hall–Kier alpha value is -2.42. The zero-order chi connectivity index (χ0) is 21.6. The molecule has 0 aliphatic carbocycles. The molecule has 3 N–H and O–H groups in total. The van der Waals surface area contributed by atoms with Crippen LogP contribution in [0.15, 0.2) is 78.0 Å². The van der Waals surface area contributed by atoms with E-state index in [1.54, 1.807) is 6.07 Å². The minimum Gasteiger partial charge on any atom is -0.618 e. The van der Waals surface area contributed by atoms with E-state index in [0.717, 1.165) is 27.0 Å².